The third-order valence-electron chi connectivity index (χ3n) is 4.18. The quantitative estimate of drug-likeness (QED) is 0.733. The second kappa shape index (κ2) is 8.17. The summed E-state index contributed by atoms with van der Waals surface area (Å²) < 4.78 is 28.0. The van der Waals surface area contributed by atoms with Crippen LogP contribution in [0.1, 0.15) is 19.2 Å². The first kappa shape index (κ1) is 19.5. The van der Waals surface area contributed by atoms with Crippen molar-refractivity contribution in [1.29, 1.82) is 0 Å². The van der Waals surface area contributed by atoms with Gasteiger partial charge < -0.3 is 14.7 Å². The molecule has 1 aliphatic heterocycles. The van der Waals surface area contributed by atoms with Crippen molar-refractivity contribution in [3.8, 4) is 10.7 Å². The number of rotatable bonds is 6. The Kier molecular flexibility index (Phi) is 5.90. The molecule has 2 amide bonds. The van der Waals surface area contributed by atoms with E-state index in [9.17, 15) is 18.0 Å². The van der Waals surface area contributed by atoms with Crippen molar-refractivity contribution in [3.63, 3.8) is 0 Å². The summed E-state index contributed by atoms with van der Waals surface area (Å²) in [6.07, 6.45) is 0.380. The Morgan fingerprint density at radius 3 is 2.78 bits per heavy atom. The standard InChI is InChI=1S/C16H20N4O5S2/c1-11(16(22)20-6-9-27(23,24)10-7-20)17-13(21)4-5-14-18-15(19-25-14)12-3-2-8-26-12/h2-3,8,11H,4-7,9-10H2,1H3,(H,17,21). The summed E-state index contributed by atoms with van der Waals surface area (Å²) in [6.45, 7) is 1.91. The average Bonchev–Trinajstić information content (AvgIpc) is 3.30. The van der Waals surface area contributed by atoms with E-state index < -0.39 is 15.9 Å². The highest BCUT2D eigenvalue weighted by molar-refractivity contribution is 7.91. The Labute approximate surface area is 160 Å². The van der Waals surface area contributed by atoms with Crippen LogP contribution in [0, 0.1) is 0 Å². The minimum absolute atomic E-state index is 0.0385. The van der Waals surface area contributed by atoms with Crippen LogP contribution in [0.3, 0.4) is 0 Å². The van der Waals surface area contributed by atoms with Gasteiger partial charge in [-0.05, 0) is 18.4 Å². The molecule has 0 aromatic carbocycles. The Hall–Kier alpha value is -2.27. The van der Waals surface area contributed by atoms with Crippen LogP contribution in [0.2, 0.25) is 0 Å². The molecule has 9 nitrogen and oxygen atoms in total. The van der Waals surface area contributed by atoms with Gasteiger partial charge in [-0.1, -0.05) is 11.2 Å². The molecule has 1 N–H and O–H groups in total. The summed E-state index contributed by atoms with van der Waals surface area (Å²) in [7, 11) is -3.06. The number of aryl methyl sites for hydroxylation is 1. The molecule has 1 saturated heterocycles. The number of carbonyl (C=O) groups excluding carboxylic acids is 2. The molecule has 0 bridgehead atoms. The molecule has 3 rings (SSSR count). The fraction of sp³-hybridized carbons (Fsp3) is 0.500. The highest BCUT2D eigenvalue weighted by atomic mass is 32.2. The number of sulfone groups is 1. The van der Waals surface area contributed by atoms with Crippen LogP contribution < -0.4 is 5.32 Å². The molecule has 1 aliphatic rings. The Bertz CT molecular complexity index is 893. The molecule has 1 unspecified atom stereocenters. The third-order valence-corrected chi connectivity index (χ3v) is 6.65. The third kappa shape index (κ3) is 5.13. The predicted octanol–water partition coefficient (Wildman–Crippen LogP) is 0.492. The molecule has 1 fully saturated rings. The van der Waals surface area contributed by atoms with E-state index in [1.165, 1.54) is 16.2 Å². The maximum Gasteiger partial charge on any atom is 0.244 e. The summed E-state index contributed by atoms with van der Waals surface area (Å²) in [5.74, 6) is 0.178. The molecule has 1 atom stereocenters. The predicted molar refractivity (Wildman–Crippen MR) is 98.8 cm³/mol. The lowest BCUT2D eigenvalue weighted by Gasteiger charge is -2.29. The monoisotopic (exact) mass is 412 g/mol. The van der Waals surface area contributed by atoms with Gasteiger partial charge in [0.2, 0.25) is 23.5 Å². The number of carbonyl (C=O) groups is 2. The number of hydrogen-bond acceptors (Lipinski definition) is 8. The van der Waals surface area contributed by atoms with E-state index in [4.69, 9.17) is 4.52 Å². The Morgan fingerprint density at radius 1 is 1.37 bits per heavy atom. The van der Waals surface area contributed by atoms with Gasteiger partial charge in [0.1, 0.15) is 6.04 Å². The first-order valence-electron chi connectivity index (χ1n) is 8.49. The topological polar surface area (TPSA) is 122 Å². The number of aromatic nitrogens is 2. The lowest BCUT2D eigenvalue weighted by Crippen LogP contribution is -2.51. The molecule has 0 aliphatic carbocycles. The van der Waals surface area contributed by atoms with Crippen molar-refractivity contribution in [3.05, 3.63) is 23.4 Å². The summed E-state index contributed by atoms with van der Waals surface area (Å²) in [4.78, 5) is 31.0. The SMILES string of the molecule is CC(NC(=O)CCc1nc(-c2cccs2)no1)C(=O)N1CCS(=O)(=O)CC1. The van der Waals surface area contributed by atoms with Crippen molar-refractivity contribution in [2.45, 2.75) is 25.8 Å². The van der Waals surface area contributed by atoms with Gasteiger partial charge in [0, 0.05) is 25.9 Å². The molecule has 0 spiro atoms. The summed E-state index contributed by atoms with van der Waals surface area (Å²) in [5.41, 5.74) is 0. The van der Waals surface area contributed by atoms with Crippen LogP contribution in [-0.4, -0.2) is 65.9 Å². The van der Waals surface area contributed by atoms with Crippen LogP contribution in [0.25, 0.3) is 10.7 Å². The van der Waals surface area contributed by atoms with Gasteiger partial charge in [-0.25, -0.2) is 8.42 Å². The van der Waals surface area contributed by atoms with Crippen molar-refractivity contribution in [2.75, 3.05) is 24.6 Å². The fourth-order valence-corrected chi connectivity index (χ4v) is 4.52. The van der Waals surface area contributed by atoms with Crippen LogP contribution in [-0.2, 0) is 25.8 Å². The number of nitrogens with zero attached hydrogens (tertiary/aromatic N) is 3. The number of hydrogen-bond donors (Lipinski definition) is 1. The largest absolute Gasteiger partial charge is 0.345 e. The van der Waals surface area contributed by atoms with Gasteiger partial charge in [-0.15, -0.1) is 11.3 Å². The fourth-order valence-electron chi connectivity index (χ4n) is 2.66. The maximum atomic E-state index is 12.3. The maximum absolute atomic E-state index is 12.3. The van der Waals surface area contributed by atoms with E-state index in [2.05, 4.69) is 15.5 Å². The van der Waals surface area contributed by atoms with E-state index in [0.717, 1.165) is 4.88 Å². The van der Waals surface area contributed by atoms with Crippen LogP contribution in [0.5, 0.6) is 0 Å². The zero-order chi connectivity index (χ0) is 19.4. The van der Waals surface area contributed by atoms with Gasteiger partial charge in [0.05, 0.1) is 16.4 Å². The van der Waals surface area contributed by atoms with Crippen molar-refractivity contribution >= 4 is 33.0 Å². The Balaban J connectivity index is 1.45. The highest BCUT2D eigenvalue weighted by Gasteiger charge is 2.28. The van der Waals surface area contributed by atoms with E-state index >= 15 is 0 Å². The number of amides is 2. The number of nitrogens with one attached hydrogen (secondary N) is 1. The second-order valence-electron chi connectivity index (χ2n) is 6.26. The van der Waals surface area contributed by atoms with Gasteiger partial charge in [-0.3, -0.25) is 9.59 Å². The summed E-state index contributed by atoms with van der Waals surface area (Å²) in [6, 6.07) is 3.05. The average molecular weight is 412 g/mol. The van der Waals surface area contributed by atoms with Crippen LogP contribution >= 0.6 is 11.3 Å². The second-order valence-corrected chi connectivity index (χ2v) is 9.51. The van der Waals surface area contributed by atoms with E-state index in [-0.39, 0.29) is 49.3 Å². The smallest absolute Gasteiger partial charge is 0.244 e. The molecule has 2 aromatic rings. The Morgan fingerprint density at radius 2 is 2.11 bits per heavy atom. The van der Waals surface area contributed by atoms with Gasteiger partial charge in [0.15, 0.2) is 9.84 Å². The molecule has 11 heteroatoms. The van der Waals surface area contributed by atoms with E-state index in [1.54, 1.807) is 6.92 Å². The molecule has 27 heavy (non-hydrogen) atoms. The van der Waals surface area contributed by atoms with Crippen LogP contribution in [0.4, 0.5) is 0 Å². The number of thiophene rings is 1. The van der Waals surface area contributed by atoms with Gasteiger partial charge in [0.25, 0.3) is 0 Å². The van der Waals surface area contributed by atoms with Crippen molar-refractivity contribution < 1.29 is 22.5 Å². The molecule has 0 radical (unpaired) electrons. The summed E-state index contributed by atoms with van der Waals surface area (Å²) >= 11 is 1.49. The highest BCUT2D eigenvalue weighted by Crippen LogP contribution is 2.21. The van der Waals surface area contributed by atoms with E-state index in [1.807, 2.05) is 17.5 Å². The van der Waals surface area contributed by atoms with Crippen molar-refractivity contribution in [2.24, 2.45) is 0 Å². The molecule has 146 valence electrons. The van der Waals surface area contributed by atoms with Gasteiger partial charge >= 0.3 is 0 Å². The van der Waals surface area contributed by atoms with E-state index in [0.29, 0.717) is 11.7 Å². The molecular weight excluding hydrogens is 392 g/mol. The summed E-state index contributed by atoms with van der Waals surface area (Å²) in [5, 5.41) is 8.43. The first-order chi connectivity index (χ1) is 12.8. The zero-order valence-electron chi connectivity index (χ0n) is 14.8. The lowest BCUT2D eigenvalue weighted by molar-refractivity contribution is -0.135. The molecule has 3 heterocycles. The van der Waals surface area contributed by atoms with Crippen LogP contribution in [0.15, 0.2) is 22.0 Å². The molecular formula is C16H20N4O5S2. The minimum atomic E-state index is -3.06. The normalized spacial score (nSPS) is 17.4. The minimum Gasteiger partial charge on any atom is -0.345 e. The molecule has 2 aromatic heterocycles. The lowest BCUT2D eigenvalue weighted by atomic mass is 10.2. The van der Waals surface area contributed by atoms with Crippen molar-refractivity contribution in [1.82, 2.24) is 20.4 Å². The zero-order valence-corrected chi connectivity index (χ0v) is 16.4. The van der Waals surface area contributed by atoms with Gasteiger partial charge in [-0.2, -0.15) is 4.98 Å². The molecule has 0 saturated carbocycles. The first-order valence-corrected chi connectivity index (χ1v) is 11.2.